The predicted molar refractivity (Wildman–Crippen MR) is 68.1 cm³/mol. The molecule has 4 nitrogen and oxygen atoms in total. The lowest BCUT2D eigenvalue weighted by atomic mass is 10.2. The van der Waals surface area contributed by atoms with Crippen LogP contribution in [0.1, 0.15) is 5.56 Å². The Morgan fingerprint density at radius 3 is 2.76 bits per heavy atom. The molecule has 0 aliphatic rings. The number of pyridine rings is 1. The van der Waals surface area contributed by atoms with Crippen molar-refractivity contribution in [2.24, 2.45) is 0 Å². The summed E-state index contributed by atoms with van der Waals surface area (Å²) >= 11 is 6.03. The number of nitriles is 1. The normalized spacial score (nSPS) is 9.65. The molecule has 1 aromatic heterocycles. The van der Waals surface area contributed by atoms with Gasteiger partial charge in [-0.05, 0) is 24.3 Å². The minimum atomic E-state index is 0.466. The van der Waals surface area contributed by atoms with Gasteiger partial charge in [0, 0.05) is 18.0 Å². The van der Waals surface area contributed by atoms with Gasteiger partial charge in [0.2, 0.25) is 0 Å². The number of nitrogen functional groups attached to an aromatic ring is 1. The number of anilines is 3. The lowest BCUT2D eigenvalue weighted by Crippen LogP contribution is -1.95. The second-order valence-corrected chi connectivity index (χ2v) is 3.81. The number of aromatic nitrogens is 1. The Morgan fingerprint density at radius 1 is 1.29 bits per heavy atom. The summed E-state index contributed by atoms with van der Waals surface area (Å²) in [6.45, 7) is 0. The van der Waals surface area contributed by atoms with Gasteiger partial charge in [0.05, 0.1) is 22.3 Å². The molecule has 0 aliphatic carbocycles. The lowest BCUT2D eigenvalue weighted by Gasteiger charge is -2.07. The van der Waals surface area contributed by atoms with Crippen molar-refractivity contribution in [1.82, 2.24) is 4.98 Å². The predicted octanol–water partition coefficient (Wildman–Crippen LogP) is 2.93. The van der Waals surface area contributed by atoms with E-state index in [0.29, 0.717) is 27.8 Å². The molecule has 0 unspecified atom stereocenters. The number of benzene rings is 1. The first-order valence-corrected chi connectivity index (χ1v) is 5.25. The second kappa shape index (κ2) is 4.73. The molecule has 1 aromatic carbocycles. The molecule has 5 heteroatoms. The Kier molecular flexibility index (Phi) is 3.12. The van der Waals surface area contributed by atoms with Crippen molar-refractivity contribution >= 4 is 28.8 Å². The highest BCUT2D eigenvalue weighted by atomic mass is 35.5. The Labute approximate surface area is 104 Å². The van der Waals surface area contributed by atoms with E-state index in [1.54, 1.807) is 36.5 Å². The number of hydrogen-bond acceptors (Lipinski definition) is 4. The number of hydrogen-bond donors (Lipinski definition) is 2. The summed E-state index contributed by atoms with van der Waals surface area (Å²) in [6, 6.07) is 10.4. The van der Waals surface area contributed by atoms with E-state index in [4.69, 9.17) is 22.6 Å². The average Bonchev–Trinajstić information content (AvgIpc) is 2.32. The summed E-state index contributed by atoms with van der Waals surface area (Å²) in [7, 11) is 0. The van der Waals surface area contributed by atoms with Crippen molar-refractivity contribution in [1.29, 1.82) is 5.26 Å². The first kappa shape index (κ1) is 11.2. The standard InChI is InChI=1S/C12H9ClN4/c13-10-5-8(7-14)1-2-11(10)17-12-6-9(15)3-4-16-12/h1-6H,(H3,15,16,17). The minimum Gasteiger partial charge on any atom is -0.399 e. The van der Waals surface area contributed by atoms with Gasteiger partial charge in [0.25, 0.3) is 0 Å². The highest BCUT2D eigenvalue weighted by Crippen LogP contribution is 2.25. The quantitative estimate of drug-likeness (QED) is 0.852. The van der Waals surface area contributed by atoms with Crippen molar-refractivity contribution in [3.05, 3.63) is 47.1 Å². The van der Waals surface area contributed by atoms with E-state index in [1.807, 2.05) is 6.07 Å². The molecule has 84 valence electrons. The summed E-state index contributed by atoms with van der Waals surface area (Å²) in [6.07, 6.45) is 1.61. The highest BCUT2D eigenvalue weighted by molar-refractivity contribution is 6.33. The van der Waals surface area contributed by atoms with Crippen LogP contribution in [0.5, 0.6) is 0 Å². The van der Waals surface area contributed by atoms with Crippen LogP contribution in [-0.2, 0) is 0 Å². The van der Waals surface area contributed by atoms with Crippen LogP contribution in [0.4, 0.5) is 17.2 Å². The Morgan fingerprint density at radius 2 is 2.12 bits per heavy atom. The van der Waals surface area contributed by atoms with Gasteiger partial charge in [-0.1, -0.05) is 11.6 Å². The fraction of sp³-hybridized carbons (Fsp3) is 0. The third kappa shape index (κ3) is 2.65. The van der Waals surface area contributed by atoms with Crippen LogP contribution in [-0.4, -0.2) is 4.98 Å². The molecule has 0 radical (unpaired) electrons. The van der Waals surface area contributed by atoms with Crippen molar-refractivity contribution in [2.75, 3.05) is 11.1 Å². The molecule has 2 aromatic rings. The first-order valence-electron chi connectivity index (χ1n) is 4.87. The van der Waals surface area contributed by atoms with Crippen LogP contribution in [0.2, 0.25) is 5.02 Å². The molecule has 0 bridgehead atoms. The Hall–Kier alpha value is -2.25. The molecule has 0 fully saturated rings. The summed E-state index contributed by atoms with van der Waals surface area (Å²) < 4.78 is 0. The summed E-state index contributed by atoms with van der Waals surface area (Å²) in [5, 5.41) is 12.2. The van der Waals surface area contributed by atoms with E-state index in [2.05, 4.69) is 10.3 Å². The number of rotatable bonds is 2. The highest BCUT2D eigenvalue weighted by Gasteiger charge is 2.03. The molecule has 0 amide bonds. The van der Waals surface area contributed by atoms with E-state index < -0.39 is 0 Å². The average molecular weight is 245 g/mol. The Bertz CT molecular complexity index is 589. The smallest absolute Gasteiger partial charge is 0.132 e. The number of nitrogens with one attached hydrogen (secondary N) is 1. The molecule has 2 rings (SSSR count). The van der Waals surface area contributed by atoms with Crippen molar-refractivity contribution in [2.45, 2.75) is 0 Å². The maximum Gasteiger partial charge on any atom is 0.132 e. The van der Waals surface area contributed by atoms with Gasteiger partial charge in [-0.25, -0.2) is 4.98 Å². The monoisotopic (exact) mass is 244 g/mol. The molecule has 1 heterocycles. The molecular weight excluding hydrogens is 236 g/mol. The lowest BCUT2D eigenvalue weighted by molar-refractivity contribution is 1.31. The van der Waals surface area contributed by atoms with E-state index in [-0.39, 0.29) is 0 Å². The van der Waals surface area contributed by atoms with Gasteiger partial charge in [0.15, 0.2) is 0 Å². The van der Waals surface area contributed by atoms with Crippen LogP contribution in [0, 0.1) is 11.3 Å². The van der Waals surface area contributed by atoms with Crippen molar-refractivity contribution in [3.8, 4) is 6.07 Å². The molecule has 0 saturated carbocycles. The second-order valence-electron chi connectivity index (χ2n) is 3.41. The van der Waals surface area contributed by atoms with Crippen LogP contribution >= 0.6 is 11.6 Å². The van der Waals surface area contributed by atoms with E-state index >= 15 is 0 Å². The van der Waals surface area contributed by atoms with Crippen molar-refractivity contribution < 1.29 is 0 Å². The van der Waals surface area contributed by atoms with Gasteiger partial charge in [-0.3, -0.25) is 0 Å². The SMILES string of the molecule is N#Cc1ccc(Nc2cc(N)ccn2)c(Cl)c1. The molecule has 0 atom stereocenters. The summed E-state index contributed by atoms with van der Waals surface area (Å²) in [5.74, 6) is 0.608. The van der Waals surface area contributed by atoms with Gasteiger partial charge < -0.3 is 11.1 Å². The molecule has 3 N–H and O–H groups in total. The van der Waals surface area contributed by atoms with Gasteiger partial charge >= 0.3 is 0 Å². The van der Waals surface area contributed by atoms with Gasteiger partial charge in [-0.2, -0.15) is 5.26 Å². The summed E-state index contributed by atoms with van der Waals surface area (Å²) in [4.78, 5) is 4.10. The van der Waals surface area contributed by atoms with Gasteiger partial charge in [-0.15, -0.1) is 0 Å². The van der Waals surface area contributed by atoms with E-state index in [0.717, 1.165) is 0 Å². The molecule has 0 saturated heterocycles. The zero-order valence-electron chi connectivity index (χ0n) is 8.81. The zero-order chi connectivity index (χ0) is 12.3. The number of nitrogens with two attached hydrogens (primary N) is 1. The molecule has 0 aliphatic heterocycles. The number of halogens is 1. The van der Waals surface area contributed by atoms with Crippen LogP contribution in [0.3, 0.4) is 0 Å². The first-order chi connectivity index (χ1) is 8.19. The van der Waals surface area contributed by atoms with E-state index in [1.165, 1.54) is 0 Å². The van der Waals surface area contributed by atoms with Crippen LogP contribution in [0.15, 0.2) is 36.5 Å². The number of nitrogens with zero attached hydrogens (tertiary/aromatic N) is 2. The maximum absolute atomic E-state index is 8.72. The minimum absolute atomic E-state index is 0.466. The fourth-order valence-electron chi connectivity index (χ4n) is 1.34. The third-order valence-corrected chi connectivity index (χ3v) is 2.46. The van der Waals surface area contributed by atoms with Crippen LogP contribution < -0.4 is 11.1 Å². The molecule has 0 spiro atoms. The largest absolute Gasteiger partial charge is 0.399 e. The zero-order valence-corrected chi connectivity index (χ0v) is 9.57. The van der Waals surface area contributed by atoms with Gasteiger partial charge in [0.1, 0.15) is 5.82 Å². The molecular formula is C12H9ClN4. The molecule has 17 heavy (non-hydrogen) atoms. The summed E-state index contributed by atoms with van der Waals surface area (Å²) in [5.41, 5.74) is 7.46. The fourth-order valence-corrected chi connectivity index (χ4v) is 1.57. The van der Waals surface area contributed by atoms with E-state index in [9.17, 15) is 0 Å². The third-order valence-electron chi connectivity index (χ3n) is 2.14. The van der Waals surface area contributed by atoms with Crippen LogP contribution in [0.25, 0.3) is 0 Å². The Balaban J connectivity index is 2.28. The maximum atomic E-state index is 8.72. The van der Waals surface area contributed by atoms with Crippen molar-refractivity contribution in [3.63, 3.8) is 0 Å². The topological polar surface area (TPSA) is 74.7 Å².